The van der Waals surface area contributed by atoms with Gasteiger partial charge in [0.05, 0.1) is 25.2 Å². The molecule has 5 unspecified atom stereocenters. The van der Waals surface area contributed by atoms with Gasteiger partial charge in [-0.2, -0.15) is 0 Å². The minimum atomic E-state index is -1.73. The first-order chi connectivity index (χ1) is 15.3. The molecule has 0 aromatic heterocycles. The van der Waals surface area contributed by atoms with Crippen molar-refractivity contribution in [3.63, 3.8) is 0 Å². The van der Waals surface area contributed by atoms with Gasteiger partial charge in [-0.1, -0.05) is 0 Å². The Labute approximate surface area is 188 Å². The molecule has 0 spiro atoms. The van der Waals surface area contributed by atoms with Crippen molar-refractivity contribution < 1.29 is 44.4 Å². The maximum Gasteiger partial charge on any atom is 0.328 e. The Kier molecular flexibility index (Phi) is 13.0. The molecule has 0 aliphatic rings. The third-order valence-corrected chi connectivity index (χ3v) is 4.18. The number of amides is 3. The van der Waals surface area contributed by atoms with Crippen LogP contribution in [-0.2, 0) is 24.0 Å². The maximum atomic E-state index is 12.5. The van der Waals surface area contributed by atoms with Crippen LogP contribution in [0.25, 0.3) is 0 Å². The van der Waals surface area contributed by atoms with E-state index in [9.17, 15) is 34.2 Å². The number of aliphatic hydroxyl groups is 2. The first-order valence-electron chi connectivity index (χ1n) is 9.75. The van der Waals surface area contributed by atoms with Crippen molar-refractivity contribution in [2.45, 2.75) is 56.5 Å². The smallest absolute Gasteiger partial charge is 0.328 e. The molecule has 13 N–H and O–H groups in total. The van der Waals surface area contributed by atoms with E-state index in [2.05, 4.69) is 10.3 Å². The summed E-state index contributed by atoms with van der Waals surface area (Å²) in [6.07, 6.45) is -1.93. The van der Waals surface area contributed by atoms with E-state index in [-0.39, 0.29) is 18.9 Å². The number of aliphatic imine (C=N–C) groups is 1. The van der Waals surface area contributed by atoms with E-state index >= 15 is 0 Å². The molecule has 5 atom stereocenters. The molecule has 0 aliphatic heterocycles. The third-order valence-electron chi connectivity index (χ3n) is 4.18. The summed E-state index contributed by atoms with van der Waals surface area (Å²) in [5.74, 6) is -6.32. The van der Waals surface area contributed by atoms with Crippen molar-refractivity contribution in [1.29, 1.82) is 0 Å². The number of carboxylic acid groups (broad SMARTS) is 2. The lowest BCUT2D eigenvalue weighted by molar-refractivity contribution is -0.146. The lowest BCUT2D eigenvalue weighted by atomic mass is 10.1. The summed E-state index contributed by atoms with van der Waals surface area (Å²) in [5.41, 5.74) is 16.1. The maximum absolute atomic E-state index is 12.5. The Hall–Kier alpha value is -3.50. The minimum absolute atomic E-state index is 0.113. The standard InChI is InChI=1S/C17H31N7O9/c1-7(26)12(16(32)33)24-15(31)10(6-25)23-14(30)9(5-11(27)28)22-13(29)8(18)3-2-4-21-17(19)20/h7-10,12,25-26H,2-6,18H2,1H3,(H,22,29)(H,23,30)(H,24,31)(H,27,28)(H,32,33)(H4,19,20,21). The molecule has 3 amide bonds. The molecule has 0 saturated heterocycles. The van der Waals surface area contributed by atoms with E-state index < -0.39 is 73.0 Å². The second-order valence-electron chi connectivity index (χ2n) is 7.02. The molecule has 188 valence electrons. The monoisotopic (exact) mass is 477 g/mol. The van der Waals surface area contributed by atoms with Crippen LogP contribution in [0, 0.1) is 0 Å². The SMILES string of the molecule is CC(O)C(NC(=O)C(CO)NC(=O)C(CC(=O)O)NC(=O)C(N)CCCN=C(N)N)C(=O)O. The lowest BCUT2D eigenvalue weighted by Gasteiger charge is -2.24. The molecule has 0 saturated carbocycles. The Bertz CT molecular complexity index is 740. The van der Waals surface area contributed by atoms with Crippen LogP contribution in [-0.4, -0.2) is 99.5 Å². The zero-order valence-corrected chi connectivity index (χ0v) is 17.9. The number of hydrogen-bond acceptors (Lipinski definition) is 9. The number of hydrogen-bond donors (Lipinski definition) is 10. The van der Waals surface area contributed by atoms with Gasteiger partial charge in [-0.25, -0.2) is 4.79 Å². The van der Waals surface area contributed by atoms with E-state index in [1.807, 2.05) is 10.6 Å². The summed E-state index contributed by atoms with van der Waals surface area (Å²) in [4.78, 5) is 62.8. The van der Waals surface area contributed by atoms with Crippen molar-refractivity contribution in [1.82, 2.24) is 16.0 Å². The van der Waals surface area contributed by atoms with Crippen LogP contribution in [0.3, 0.4) is 0 Å². The molecule has 0 bridgehead atoms. The van der Waals surface area contributed by atoms with Crippen LogP contribution in [0.2, 0.25) is 0 Å². The largest absolute Gasteiger partial charge is 0.481 e. The highest BCUT2D eigenvalue weighted by atomic mass is 16.4. The molecule has 0 rings (SSSR count). The van der Waals surface area contributed by atoms with Crippen molar-refractivity contribution in [3.05, 3.63) is 0 Å². The average molecular weight is 477 g/mol. The molecule has 0 aromatic rings. The molecule has 33 heavy (non-hydrogen) atoms. The topological polar surface area (TPSA) is 293 Å². The second kappa shape index (κ2) is 14.5. The number of rotatable bonds is 15. The van der Waals surface area contributed by atoms with E-state index in [4.69, 9.17) is 27.4 Å². The fourth-order valence-corrected chi connectivity index (χ4v) is 2.42. The summed E-state index contributed by atoms with van der Waals surface area (Å²) >= 11 is 0. The van der Waals surface area contributed by atoms with Crippen LogP contribution in [0.5, 0.6) is 0 Å². The summed E-state index contributed by atoms with van der Waals surface area (Å²) < 4.78 is 0. The van der Waals surface area contributed by atoms with Gasteiger partial charge in [0.2, 0.25) is 17.7 Å². The predicted octanol–water partition coefficient (Wildman–Crippen LogP) is -5.25. The summed E-state index contributed by atoms with van der Waals surface area (Å²) in [6.45, 7) is 0.311. The average Bonchev–Trinajstić information content (AvgIpc) is 2.71. The quantitative estimate of drug-likeness (QED) is 0.0601. The van der Waals surface area contributed by atoms with E-state index in [0.29, 0.717) is 6.42 Å². The Morgan fingerprint density at radius 3 is 1.94 bits per heavy atom. The van der Waals surface area contributed by atoms with Crippen molar-refractivity contribution in [2.75, 3.05) is 13.2 Å². The second-order valence-corrected chi connectivity index (χ2v) is 7.02. The highest BCUT2D eigenvalue weighted by molar-refractivity contribution is 5.95. The highest BCUT2D eigenvalue weighted by Gasteiger charge is 2.32. The molecule has 0 fully saturated rings. The third kappa shape index (κ3) is 11.6. The van der Waals surface area contributed by atoms with E-state index in [0.717, 1.165) is 6.92 Å². The fourth-order valence-electron chi connectivity index (χ4n) is 2.42. The Morgan fingerprint density at radius 2 is 1.48 bits per heavy atom. The van der Waals surface area contributed by atoms with Crippen LogP contribution in [0.1, 0.15) is 26.2 Å². The Balaban J connectivity index is 5.16. The molecule has 0 heterocycles. The van der Waals surface area contributed by atoms with Gasteiger partial charge in [0.25, 0.3) is 0 Å². The van der Waals surface area contributed by atoms with Crippen LogP contribution in [0.4, 0.5) is 0 Å². The molecule has 0 aromatic carbocycles. The van der Waals surface area contributed by atoms with Gasteiger partial charge in [0.15, 0.2) is 12.0 Å². The van der Waals surface area contributed by atoms with Crippen LogP contribution < -0.4 is 33.2 Å². The van der Waals surface area contributed by atoms with Gasteiger partial charge in [0.1, 0.15) is 12.1 Å². The first kappa shape index (κ1) is 29.5. The fraction of sp³-hybridized carbons (Fsp3) is 0.647. The molecular formula is C17H31N7O9. The van der Waals surface area contributed by atoms with E-state index in [1.54, 1.807) is 0 Å². The molecule has 0 radical (unpaired) electrons. The molecule has 0 aliphatic carbocycles. The van der Waals surface area contributed by atoms with Gasteiger partial charge in [-0.15, -0.1) is 0 Å². The molecule has 16 heteroatoms. The number of carboxylic acids is 2. The minimum Gasteiger partial charge on any atom is -0.481 e. The summed E-state index contributed by atoms with van der Waals surface area (Å²) in [5, 5.41) is 43.0. The van der Waals surface area contributed by atoms with Gasteiger partial charge < -0.3 is 53.6 Å². The number of carbonyl (C=O) groups excluding carboxylic acids is 3. The van der Waals surface area contributed by atoms with Crippen molar-refractivity contribution in [2.24, 2.45) is 22.2 Å². The summed E-state index contributed by atoms with van der Waals surface area (Å²) in [6, 6.07) is -6.20. The summed E-state index contributed by atoms with van der Waals surface area (Å²) in [7, 11) is 0. The first-order valence-corrected chi connectivity index (χ1v) is 9.75. The number of aliphatic carboxylic acids is 2. The van der Waals surface area contributed by atoms with Gasteiger partial charge in [-0.05, 0) is 19.8 Å². The number of aliphatic hydroxyl groups excluding tert-OH is 2. The van der Waals surface area contributed by atoms with Crippen molar-refractivity contribution >= 4 is 35.6 Å². The van der Waals surface area contributed by atoms with Crippen LogP contribution in [0.15, 0.2) is 4.99 Å². The number of carbonyl (C=O) groups is 5. The normalized spacial score (nSPS) is 15.2. The van der Waals surface area contributed by atoms with Gasteiger partial charge in [0, 0.05) is 6.54 Å². The number of nitrogens with zero attached hydrogens (tertiary/aromatic N) is 1. The predicted molar refractivity (Wildman–Crippen MR) is 112 cm³/mol. The van der Waals surface area contributed by atoms with Crippen LogP contribution >= 0.6 is 0 Å². The Morgan fingerprint density at radius 1 is 0.939 bits per heavy atom. The van der Waals surface area contributed by atoms with Crippen molar-refractivity contribution in [3.8, 4) is 0 Å². The van der Waals surface area contributed by atoms with E-state index in [1.165, 1.54) is 0 Å². The highest BCUT2D eigenvalue weighted by Crippen LogP contribution is 2.01. The lowest BCUT2D eigenvalue weighted by Crippen LogP contribution is -2.59. The zero-order valence-electron chi connectivity index (χ0n) is 17.9. The van der Waals surface area contributed by atoms with Gasteiger partial charge in [-0.3, -0.25) is 24.2 Å². The molecular weight excluding hydrogens is 446 g/mol. The number of guanidine groups is 1. The number of nitrogens with one attached hydrogen (secondary N) is 3. The number of nitrogens with two attached hydrogens (primary N) is 3. The van der Waals surface area contributed by atoms with Gasteiger partial charge >= 0.3 is 11.9 Å². The zero-order chi connectivity index (χ0) is 25.7. The molecule has 16 nitrogen and oxygen atoms in total.